The van der Waals surface area contributed by atoms with Gasteiger partial charge in [-0.2, -0.15) is 0 Å². The topological polar surface area (TPSA) is 142 Å². The number of halogens is 3. The van der Waals surface area contributed by atoms with Gasteiger partial charge in [-0.3, -0.25) is 4.98 Å². The monoisotopic (exact) mass is 567 g/mol. The SMILES string of the molecule is N/C=C\N(N)C1C(N)CC(c2ccncc2)CC1Cc1cc(C2(F)CCOCC2)cc(F)c1-c1nc(N)ccc1F. The molecule has 8 nitrogen and oxygen atoms in total. The van der Waals surface area contributed by atoms with Gasteiger partial charge in [0.25, 0.3) is 0 Å². The fourth-order valence-electron chi connectivity index (χ4n) is 6.44. The van der Waals surface area contributed by atoms with Crippen molar-refractivity contribution < 1.29 is 17.9 Å². The minimum Gasteiger partial charge on any atom is -0.403 e. The molecule has 3 heterocycles. The summed E-state index contributed by atoms with van der Waals surface area (Å²) < 4.78 is 52.7. The maximum absolute atomic E-state index is 16.1. The lowest BCUT2D eigenvalue weighted by molar-refractivity contribution is -0.0116. The van der Waals surface area contributed by atoms with Gasteiger partial charge in [0.15, 0.2) is 0 Å². The molecule has 1 saturated heterocycles. The quantitative estimate of drug-likeness (QED) is 0.248. The molecule has 3 aromatic rings. The number of alkyl halides is 1. The van der Waals surface area contributed by atoms with Crippen LogP contribution in [0.4, 0.5) is 19.0 Å². The van der Waals surface area contributed by atoms with Crippen molar-refractivity contribution in [3.8, 4) is 11.3 Å². The Kier molecular flexibility index (Phi) is 8.48. The Morgan fingerprint density at radius 1 is 1.05 bits per heavy atom. The van der Waals surface area contributed by atoms with E-state index in [1.165, 1.54) is 17.3 Å². The van der Waals surface area contributed by atoms with Crippen molar-refractivity contribution in [3.63, 3.8) is 0 Å². The number of ether oxygens (including phenoxy) is 1. The standard InChI is InChI=1S/C30H36F3N7O/c31-23-1-2-26(36)39-28(23)27-20(15-22(17-24(27)32)30(33)5-11-41-12-6-30)14-21-13-19(18-3-8-38-9-4-18)16-25(35)29(21)40(37)10-7-34/h1-4,7-10,15,17,19,21,25,29H,5-6,11-14,16,34-35,37H2,(H2,36,39)/b10-7-. The van der Waals surface area contributed by atoms with Gasteiger partial charge in [0.1, 0.15) is 28.8 Å². The summed E-state index contributed by atoms with van der Waals surface area (Å²) >= 11 is 0. The summed E-state index contributed by atoms with van der Waals surface area (Å²) in [5, 5.41) is 1.48. The fraction of sp³-hybridized carbons (Fsp3) is 0.400. The Balaban J connectivity index is 1.63. The summed E-state index contributed by atoms with van der Waals surface area (Å²) in [5.41, 5.74) is 17.9. The van der Waals surface area contributed by atoms with Gasteiger partial charge in [-0.25, -0.2) is 24.0 Å². The van der Waals surface area contributed by atoms with Gasteiger partial charge in [-0.1, -0.05) is 6.07 Å². The van der Waals surface area contributed by atoms with Crippen LogP contribution in [0, 0.1) is 17.6 Å². The molecular formula is C30H36F3N7O. The molecule has 0 bridgehead atoms. The summed E-state index contributed by atoms with van der Waals surface area (Å²) in [4.78, 5) is 8.26. The molecule has 0 amide bonds. The zero-order valence-corrected chi connectivity index (χ0v) is 22.7. The molecule has 2 fully saturated rings. The summed E-state index contributed by atoms with van der Waals surface area (Å²) in [6.07, 6.45) is 8.04. The number of nitrogen functional groups attached to an aromatic ring is 1. The second-order valence-corrected chi connectivity index (χ2v) is 11.0. The molecule has 5 rings (SSSR count). The molecule has 1 saturated carbocycles. The van der Waals surface area contributed by atoms with E-state index in [0.29, 0.717) is 18.4 Å². The second kappa shape index (κ2) is 12.1. The number of aromatic nitrogens is 2. The van der Waals surface area contributed by atoms with E-state index in [4.69, 9.17) is 27.8 Å². The van der Waals surface area contributed by atoms with E-state index in [0.717, 1.165) is 17.7 Å². The van der Waals surface area contributed by atoms with E-state index in [2.05, 4.69) is 9.97 Å². The van der Waals surface area contributed by atoms with Crippen molar-refractivity contribution >= 4 is 5.82 Å². The van der Waals surface area contributed by atoms with Gasteiger partial charge in [0.05, 0.1) is 6.04 Å². The number of pyridine rings is 2. The number of hydrogen-bond donors (Lipinski definition) is 4. The number of hydrogen-bond acceptors (Lipinski definition) is 8. The Morgan fingerprint density at radius 3 is 2.49 bits per heavy atom. The van der Waals surface area contributed by atoms with Gasteiger partial charge in [-0.05, 0) is 78.1 Å². The highest BCUT2D eigenvalue weighted by Gasteiger charge is 2.41. The van der Waals surface area contributed by atoms with Crippen LogP contribution in [-0.2, 0) is 16.8 Å². The molecular weight excluding hydrogens is 531 g/mol. The minimum atomic E-state index is -1.78. The molecule has 1 aromatic carbocycles. The van der Waals surface area contributed by atoms with E-state index in [1.54, 1.807) is 24.7 Å². The summed E-state index contributed by atoms with van der Waals surface area (Å²) in [6, 6.07) is 8.38. The van der Waals surface area contributed by atoms with E-state index in [1.807, 2.05) is 12.1 Å². The summed E-state index contributed by atoms with van der Waals surface area (Å²) in [5.74, 6) is 4.79. The molecule has 8 N–H and O–H groups in total. The van der Waals surface area contributed by atoms with Gasteiger partial charge in [0, 0.05) is 62.5 Å². The molecule has 41 heavy (non-hydrogen) atoms. The van der Waals surface area contributed by atoms with Crippen LogP contribution in [0.5, 0.6) is 0 Å². The van der Waals surface area contributed by atoms with Gasteiger partial charge < -0.3 is 26.9 Å². The van der Waals surface area contributed by atoms with Crippen LogP contribution < -0.4 is 23.0 Å². The lowest BCUT2D eigenvalue weighted by Gasteiger charge is -2.44. The van der Waals surface area contributed by atoms with Crippen LogP contribution >= 0.6 is 0 Å². The predicted molar refractivity (Wildman–Crippen MR) is 151 cm³/mol. The fourth-order valence-corrected chi connectivity index (χ4v) is 6.44. The van der Waals surface area contributed by atoms with Crippen molar-refractivity contribution in [2.45, 2.75) is 55.8 Å². The number of nitrogens with zero attached hydrogens (tertiary/aromatic N) is 3. The third-order valence-corrected chi connectivity index (χ3v) is 8.41. The number of rotatable bonds is 7. The molecule has 1 aliphatic heterocycles. The first kappa shape index (κ1) is 28.8. The minimum absolute atomic E-state index is 0.0405. The highest BCUT2D eigenvalue weighted by atomic mass is 19.1. The van der Waals surface area contributed by atoms with Crippen LogP contribution in [0.15, 0.2) is 61.2 Å². The molecule has 0 spiro atoms. The first-order chi connectivity index (χ1) is 19.7. The van der Waals surface area contributed by atoms with Crippen molar-refractivity contribution in [1.82, 2.24) is 15.0 Å². The van der Waals surface area contributed by atoms with Crippen molar-refractivity contribution in [1.29, 1.82) is 0 Å². The summed E-state index contributed by atoms with van der Waals surface area (Å²) in [7, 11) is 0. The number of anilines is 1. The zero-order valence-electron chi connectivity index (χ0n) is 22.7. The highest BCUT2D eigenvalue weighted by Crippen LogP contribution is 2.43. The maximum atomic E-state index is 16.1. The molecule has 2 aromatic heterocycles. The van der Waals surface area contributed by atoms with Crippen molar-refractivity contribution in [2.75, 3.05) is 18.9 Å². The van der Waals surface area contributed by atoms with E-state index in [9.17, 15) is 0 Å². The van der Waals surface area contributed by atoms with Gasteiger partial charge in [-0.15, -0.1) is 0 Å². The Labute approximate surface area is 237 Å². The van der Waals surface area contributed by atoms with Crippen molar-refractivity contribution in [3.05, 3.63) is 89.5 Å². The number of nitrogens with two attached hydrogens (primary N) is 4. The molecule has 4 unspecified atom stereocenters. The molecule has 218 valence electrons. The van der Waals surface area contributed by atoms with Crippen LogP contribution in [0.3, 0.4) is 0 Å². The van der Waals surface area contributed by atoms with E-state index < -0.39 is 17.3 Å². The molecule has 11 heteroatoms. The normalized spacial score (nSPS) is 24.4. The lowest BCUT2D eigenvalue weighted by atomic mass is 9.70. The van der Waals surface area contributed by atoms with Gasteiger partial charge >= 0.3 is 0 Å². The number of hydrazine groups is 1. The third-order valence-electron chi connectivity index (χ3n) is 8.41. The molecule has 1 aliphatic carbocycles. The van der Waals surface area contributed by atoms with Crippen molar-refractivity contribution in [2.24, 2.45) is 23.2 Å². The Hall–Kier alpha value is -3.67. The molecule has 0 radical (unpaired) electrons. The first-order valence-corrected chi connectivity index (χ1v) is 13.8. The Morgan fingerprint density at radius 2 is 1.78 bits per heavy atom. The lowest BCUT2D eigenvalue weighted by Crippen LogP contribution is -2.56. The maximum Gasteiger partial charge on any atom is 0.149 e. The van der Waals surface area contributed by atoms with Crippen LogP contribution in [0.2, 0.25) is 0 Å². The van der Waals surface area contributed by atoms with E-state index >= 15 is 13.2 Å². The predicted octanol–water partition coefficient (Wildman–Crippen LogP) is 4.02. The van der Waals surface area contributed by atoms with Crippen LogP contribution in [-0.4, -0.2) is 40.3 Å². The zero-order chi connectivity index (χ0) is 29.1. The molecule has 2 aliphatic rings. The smallest absolute Gasteiger partial charge is 0.149 e. The Bertz CT molecular complexity index is 1380. The van der Waals surface area contributed by atoms with Crippen LogP contribution in [0.25, 0.3) is 11.3 Å². The summed E-state index contributed by atoms with van der Waals surface area (Å²) in [6.45, 7) is 0.447. The molecule has 4 atom stereocenters. The first-order valence-electron chi connectivity index (χ1n) is 13.8. The van der Waals surface area contributed by atoms with Crippen LogP contribution in [0.1, 0.15) is 48.3 Å². The largest absolute Gasteiger partial charge is 0.403 e. The van der Waals surface area contributed by atoms with E-state index in [-0.39, 0.29) is 79.0 Å². The average molecular weight is 568 g/mol. The highest BCUT2D eigenvalue weighted by molar-refractivity contribution is 5.67. The number of benzene rings is 1. The second-order valence-electron chi connectivity index (χ2n) is 11.0. The average Bonchev–Trinajstić information content (AvgIpc) is 2.95. The van der Waals surface area contributed by atoms with Gasteiger partial charge in [0.2, 0.25) is 0 Å². The third kappa shape index (κ3) is 6.02.